The van der Waals surface area contributed by atoms with Crippen molar-refractivity contribution in [2.45, 2.75) is 19.6 Å². The van der Waals surface area contributed by atoms with Crippen molar-refractivity contribution < 1.29 is 4.74 Å². The number of H-pyrrole nitrogens is 1. The Morgan fingerprint density at radius 1 is 1.50 bits per heavy atom. The first kappa shape index (κ1) is 15.1. The van der Waals surface area contributed by atoms with Gasteiger partial charge in [0.15, 0.2) is 0 Å². The third kappa shape index (κ3) is 3.71. The van der Waals surface area contributed by atoms with Gasteiger partial charge in [0.05, 0.1) is 17.3 Å². The molecule has 2 aromatic heterocycles. The molecule has 0 aliphatic carbocycles. The molecule has 0 bridgehead atoms. The quantitative estimate of drug-likeness (QED) is 0.932. The number of aromatic nitrogens is 3. The maximum Gasteiger partial charge on any atom is 0.251 e. The second-order valence-corrected chi connectivity index (χ2v) is 5.77. The highest BCUT2D eigenvalue weighted by Gasteiger charge is 2.24. The molecule has 0 radical (unpaired) electrons. The average Bonchev–Trinajstić information content (AvgIpc) is 2.49. The van der Waals surface area contributed by atoms with E-state index >= 15 is 0 Å². The number of aromatic amines is 1. The zero-order valence-electron chi connectivity index (χ0n) is 12.3. The molecule has 7 heteroatoms. The van der Waals surface area contributed by atoms with Crippen LogP contribution in [0.15, 0.2) is 29.2 Å². The second-order valence-electron chi connectivity index (χ2n) is 5.33. The van der Waals surface area contributed by atoms with Gasteiger partial charge in [-0.05, 0) is 19.1 Å². The summed E-state index contributed by atoms with van der Waals surface area (Å²) in [6, 6.07) is 5.22. The molecule has 22 heavy (non-hydrogen) atoms. The Morgan fingerprint density at radius 3 is 3.09 bits per heavy atom. The van der Waals surface area contributed by atoms with E-state index in [0.717, 1.165) is 12.2 Å². The summed E-state index contributed by atoms with van der Waals surface area (Å²) in [7, 11) is 0. The van der Waals surface area contributed by atoms with Crippen molar-refractivity contribution in [2.75, 3.05) is 19.7 Å². The molecule has 0 saturated carbocycles. The topological polar surface area (TPSA) is 71.1 Å². The van der Waals surface area contributed by atoms with Crippen molar-refractivity contribution in [3.8, 4) is 0 Å². The molecule has 1 saturated heterocycles. The van der Waals surface area contributed by atoms with E-state index in [4.69, 9.17) is 16.3 Å². The van der Waals surface area contributed by atoms with E-state index in [1.54, 1.807) is 13.1 Å². The monoisotopic (exact) mass is 320 g/mol. The Labute approximate surface area is 133 Å². The minimum absolute atomic E-state index is 0.150. The maximum absolute atomic E-state index is 11.6. The zero-order valence-corrected chi connectivity index (χ0v) is 13.0. The standard InChI is InChI=1S/C15H17ClN4O2/c1-10-6-14(21)19-15(18-10)13-9-20(4-5-22-13)8-12-3-2-11(16)7-17-12/h2-3,6-7,13H,4-5,8-9H2,1H3,(H,18,19,21)/t13-/m1/s1. The van der Waals surface area contributed by atoms with E-state index in [1.165, 1.54) is 6.07 Å². The van der Waals surface area contributed by atoms with Crippen LogP contribution in [0.1, 0.15) is 23.3 Å². The van der Waals surface area contributed by atoms with Crippen LogP contribution >= 0.6 is 11.6 Å². The van der Waals surface area contributed by atoms with Gasteiger partial charge in [-0.25, -0.2) is 4.98 Å². The fourth-order valence-electron chi connectivity index (χ4n) is 2.50. The molecule has 1 atom stereocenters. The molecule has 0 unspecified atom stereocenters. The van der Waals surface area contributed by atoms with Gasteiger partial charge in [-0.3, -0.25) is 14.7 Å². The molecular formula is C15H17ClN4O2. The van der Waals surface area contributed by atoms with Crippen LogP contribution < -0.4 is 5.56 Å². The summed E-state index contributed by atoms with van der Waals surface area (Å²) in [4.78, 5) is 25.2. The summed E-state index contributed by atoms with van der Waals surface area (Å²) in [6.07, 6.45) is 1.42. The minimum atomic E-state index is -0.228. The Kier molecular flexibility index (Phi) is 4.52. The van der Waals surface area contributed by atoms with Crippen molar-refractivity contribution in [1.29, 1.82) is 0 Å². The third-order valence-electron chi connectivity index (χ3n) is 3.52. The first-order valence-corrected chi connectivity index (χ1v) is 7.50. The molecule has 3 heterocycles. The summed E-state index contributed by atoms with van der Waals surface area (Å²) in [5, 5.41) is 0.630. The van der Waals surface area contributed by atoms with Crippen LogP contribution in [0.4, 0.5) is 0 Å². The lowest BCUT2D eigenvalue weighted by Gasteiger charge is -2.32. The molecule has 3 rings (SSSR count). The lowest BCUT2D eigenvalue weighted by Crippen LogP contribution is -2.39. The molecule has 0 amide bonds. The van der Waals surface area contributed by atoms with Crippen LogP contribution in [0, 0.1) is 6.92 Å². The lowest BCUT2D eigenvalue weighted by atomic mass is 10.2. The van der Waals surface area contributed by atoms with Crippen LogP contribution in [0.25, 0.3) is 0 Å². The number of nitrogens with zero attached hydrogens (tertiary/aromatic N) is 3. The predicted molar refractivity (Wildman–Crippen MR) is 82.8 cm³/mol. The van der Waals surface area contributed by atoms with E-state index < -0.39 is 0 Å². The van der Waals surface area contributed by atoms with Gasteiger partial charge in [-0.1, -0.05) is 11.6 Å². The Balaban J connectivity index is 1.71. The smallest absolute Gasteiger partial charge is 0.251 e. The van der Waals surface area contributed by atoms with Gasteiger partial charge >= 0.3 is 0 Å². The molecule has 1 fully saturated rings. The molecule has 2 aromatic rings. The highest BCUT2D eigenvalue weighted by atomic mass is 35.5. The Bertz CT molecular complexity index is 701. The molecular weight excluding hydrogens is 304 g/mol. The van der Waals surface area contributed by atoms with E-state index in [1.807, 2.05) is 12.1 Å². The first-order chi connectivity index (χ1) is 10.6. The van der Waals surface area contributed by atoms with Crippen molar-refractivity contribution in [3.63, 3.8) is 0 Å². The van der Waals surface area contributed by atoms with E-state index in [2.05, 4.69) is 19.9 Å². The molecule has 0 spiro atoms. The summed E-state index contributed by atoms with van der Waals surface area (Å²) in [5.74, 6) is 0.582. The molecule has 0 aromatic carbocycles. The number of pyridine rings is 1. The molecule has 116 valence electrons. The van der Waals surface area contributed by atoms with E-state index in [0.29, 0.717) is 36.2 Å². The second kappa shape index (κ2) is 6.56. The zero-order chi connectivity index (χ0) is 15.5. The number of nitrogens with one attached hydrogen (secondary N) is 1. The molecule has 1 aliphatic rings. The number of hydrogen-bond acceptors (Lipinski definition) is 5. The van der Waals surface area contributed by atoms with Crippen molar-refractivity contribution in [3.05, 3.63) is 57.0 Å². The van der Waals surface area contributed by atoms with Gasteiger partial charge in [0.25, 0.3) is 5.56 Å². The summed E-state index contributed by atoms with van der Waals surface area (Å²) < 4.78 is 5.75. The number of aryl methyl sites for hydroxylation is 1. The fraction of sp³-hybridized carbons (Fsp3) is 0.400. The van der Waals surface area contributed by atoms with Gasteiger partial charge in [-0.2, -0.15) is 0 Å². The van der Waals surface area contributed by atoms with Crippen LogP contribution in [0.3, 0.4) is 0 Å². The average molecular weight is 321 g/mol. The SMILES string of the molecule is Cc1cc(=O)[nH]c([C@H]2CN(Cc3ccc(Cl)cn3)CCO2)n1. The maximum atomic E-state index is 11.6. The van der Waals surface area contributed by atoms with Crippen LogP contribution in [0.5, 0.6) is 0 Å². The Hall–Kier alpha value is -1.76. The fourth-order valence-corrected chi connectivity index (χ4v) is 2.61. The third-order valence-corrected chi connectivity index (χ3v) is 3.74. The van der Waals surface area contributed by atoms with E-state index in [-0.39, 0.29) is 11.7 Å². The van der Waals surface area contributed by atoms with Crippen molar-refractivity contribution in [2.24, 2.45) is 0 Å². The van der Waals surface area contributed by atoms with Crippen molar-refractivity contribution >= 4 is 11.6 Å². The van der Waals surface area contributed by atoms with Crippen LogP contribution in [-0.4, -0.2) is 39.5 Å². The normalized spacial score (nSPS) is 19.3. The first-order valence-electron chi connectivity index (χ1n) is 7.12. The number of hydrogen-bond donors (Lipinski definition) is 1. The Morgan fingerprint density at radius 2 is 2.36 bits per heavy atom. The number of halogens is 1. The van der Waals surface area contributed by atoms with Gasteiger partial charge < -0.3 is 9.72 Å². The van der Waals surface area contributed by atoms with Crippen LogP contribution in [-0.2, 0) is 11.3 Å². The molecule has 1 aliphatic heterocycles. The largest absolute Gasteiger partial charge is 0.368 e. The summed E-state index contributed by atoms with van der Waals surface area (Å²) in [5.41, 5.74) is 1.50. The molecule has 6 nitrogen and oxygen atoms in total. The van der Waals surface area contributed by atoms with E-state index in [9.17, 15) is 4.79 Å². The number of ether oxygens (including phenoxy) is 1. The highest BCUT2D eigenvalue weighted by molar-refractivity contribution is 6.30. The highest BCUT2D eigenvalue weighted by Crippen LogP contribution is 2.20. The van der Waals surface area contributed by atoms with Gasteiger partial charge in [0.2, 0.25) is 0 Å². The van der Waals surface area contributed by atoms with Gasteiger partial charge in [0, 0.05) is 37.6 Å². The van der Waals surface area contributed by atoms with Crippen LogP contribution in [0.2, 0.25) is 5.02 Å². The van der Waals surface area contributed by atoms with Gasteiger partial charge in [-0.15, -0.1) is 0 Å². The predicted octanol–water partition coefficient (Wildman–Crippen LogP) is 1.70. The van der Waals surface area contributed by atoms with Gasteiger partial charge in [0.1, 0.15) is 11.9 Å². The van der Waals surface area contributed by atoms with Crippen molar-refractivity contribution in [1.82, 2.24) is 19.9 Å². The molecule has 1 N–H and O–H groups in total. The number of rotatable bonds is 3. The minimum Gasteiger partial charge on any atom is -0.368 e. The summed E-state index contributed by atoms with van der Waals surface area (Å²) >= 11 is 5.85. The number of morpholine rings is 1. The lowest BCUT2D eigenvalue weighted by molar-refractivity contribution is -0.0377. The summed E-state index contributed by atoms with van der Waals surface area (Å²) in [6.45, 7) is 4.59.